The lowest BCUT2D eigenvalue weighted by Crippen LogP contribution is -2.51. The minimum Gasteiger partial charge on any atom is -0.488 e. The maximum absolute atomic E-state index is 12.4. The summed E-state index contributed by atoms with van der Waals surface area (Å²) in [6.45, 7) is 0.582. The van der Waals surface area contributed by atoms with Crippen LogP contribution < -0.4 is 10.3 Å². The van der Waals surface area contributed by atoms with E-state index in [0.29, 0.717) is 23.7 Å². The number of aromatic amines is 1. The zero-order valence-electron chi connectivity index (χ0n) is 12.8. The monoisotopic (exact) mass is 348 g/mol. The summed E-state index contributed by atoms with van der Waals surface area (Å²) in [5.41, 5.74) is -0.117. The molecule has 2 heterocycles. The van der Waals surface area contributed by atoms with Crippen molar-refractivity contribution >= 4 is 17.5 Å². The number of nitrogens with one attached hydrogen (secondary N) is 1. The molecule has 2 atom stereocenters. The van der Waals surface area contributed by atoms with Crippen molar-refractivity contribution in [2.75, 3.05) is 13.1 Å². The number of carbonyl (C=O) groups is 1. The molecule has 1 saturated heterocycles. The van der Waals surface area contributed by atoms with E-state index in [2.05, 4.69) is 4.98 Å². The molecule has 3 rings (SSSR count). The minimum absolute atomic E-state index is 0.147. The van der Waals surface area contributed by atoms with Crippen LogP contribution >= 0.6 is 11.6 Å². The summed E-state index contributed by atoms with van der Waals surface area (Å²) in [5, 5.41) is 10.9. The van der Waals surface area contributed by atoms with E-state index in [1.807, 2.05) is 0 Å². The van der Waals surface area contributed by atoms with E-state index in [-0.39, 0.29) is 23.7 Å². The molecule has 0 unspecified atom stereocenters. The van der Waals surface area contributed by atoms with Gasteiger partial charge in [-0.3, -0.25) is 9.59 Å². The SMILES string of the molecule is O=C(c1cccc(=O)[nH]1)N1CC[C@@H](Oc2ccc(Cl)cc2)[C@H](O)C1. The van der Waals surface area contributed by atoms with Crippen molar-refractivity contribution < 1.29 is 14.6 Å². The number of aliphatic hydroxyl groups excluding tert-OH is 1. The summed E-state index contributed by atoms with van der Waals surface area (Å²) in [7, 11) is 0. The third-order valence-corrected chi connectivity index (χ3v) is 4.16. The average Bonchev–Trinajstić information content (AvgIpc) is 2.58. The molecule has 0 aliphatic carbocycles. The van der Waals surface area contributed by atoms with Crippen molar-refractivity contribution in [3.63, 3.8) is 0 Å². The van der Waals surface area contributed by atoms with Gasteiger partial charge in [0.2, 0.25) is 5.56 Å². The van der Waals surface area contributed by atoms with Gasteiger partial charge in [0, 0.05) is 24.1 Å². The van der Waals surface area contributed by atoms with Crippen molar-refractivity contribution in [2.24, 2.45) is 0 Å². The first-order valence-electron chi connectivity index (χ1n) is 7.62. The first kappa shape index (κ1) is 16.5. The summed E-state index contributed by atoms with van der Waals surface area (Å²) in [6.07, 6.45) is -0.717. The van der Waals surface area contributed by atoms with E-state index < -0.39 is 12.2 Å². The van der Waals surface area contributed by atoms with Gasteiger partial charge < -0.3 is 19.7 Å². The Balaban J connectivity index is 1.63. The number of pyridine rings is 1. The summed E-state index contributed by atoms with van der Waals surface area (Å²) in [5.74, 6) is 0.312. The standard InChI is InChI=1S/C17H17ClN2O4/c18-11-4-6-12(7-5-11)24-15-8-9-20(10-14(15)21)17(23)13-2-1-3-16(22)19-13/h1-7,14-15,21H,8-10H2,(H,19,22)/t14-,15-/m1/s1. The van der Waals surface area contributed by atoms with Crippen LogP contribution in [0, 0.1) is 0 Å². The van der Waals surface area contributed by atoms with Gasteiger partial charge in [-0.2, -0.15) is 0 Å². The number of H-pyrrole nitrogens is 1. The number of amides is 1. The lowest BCUT2D eigenvalue weighted by Gasteiger charge is -2.35. The predicted molar refractivity (Wildman–Crippen MR) is 89.5 cm³/mol. The Hall–Kier alpha value is -2.31. The normalized spacial score (nSPS) is 20.7. The second-order valence-electron chi connectivity index (χ2n) is 5.65. The van der Waals surface area contributed by atoms with Gasteiger partial charge in [0.15, 0.2) is 0 Å². The number of carbonyl (C=O) groups excluding carboxylic acids is 1. The van der Waals surface area contributed by atoms with Crippen LogP contribution in [0.25, 0.3) is 0 Å². The number of ether oxygens (including phenoxy) is 1. The molecule has 0 bridgehead atoms. The molecule has 0 saturated carbocycles. The van der Waals surface area contributed by atoms with E-state index in [4.69, 9.17) is 16.3 Å². The van der Waals surface area contributed by atoms with E-state index in [1.165, 1.54) is 17.0 Å². The molecule has 6 nitrogen and oxygen atoms in total. The van der Waals surface area contributed by atoms with Crippen LogP contribution in [-0.4, -0.2) is 46.2 Å². The molecule has 1 amide bonds. The topological polar surface area (TPSA) is 82.6 Å². The first-order valence-corrected chi connectivity index (χ1v) is 7.99. The molecule has 0 radical (unpaired) electrons. The zero-order valence-corrected chi connectivity index (χ0v) is 13.6. The number of hydrogen-bond acceptors (Lipinski definition) is 4. The lowest BCUT2D eigenvalue weighted by molar-refractivity contribution is -0.0200. The van der Waals surface area contributed by atoms with Crippen molar-refractivity contribution in [3.05, 3.63) is 63.5 Å². The van der Waals surface area contributed by atoms with Crippen LogP contribution in [0.4, 0.5) is 0 Å². The van der Waals surface area contributed by atoms with Gasteiger partial charge in [0.1, 0.15) is 23.7 Å². The maximum atomic E-state index is 12.4. The van der Waals surface area contributed by atoms with Gasteiger partial charge in [-0.05, 0) is 30.3 Å². The van der Waals surface area contributed by atoms with Crippen LogP contribution in [0.2, 0.25) is 5.02 Å². The summed E-state index contributed by atoms with van der Waals surface area (Å²) < 4.78 is 5.77. The molecule has 7 heteroatoms. The van der Waals surface area contributed by atoms with E-state index in [1.54, 1.807) is 30.3 Å². The van der Waals surface area contributed by atoms with Crippen LogP contribution in [-0.2, 0) is 0 Å². The van der Waals surface area contributed by atoms with Crippen LogP contribution in [0.5, 0.6) is 5.75 Å². The van der Waals surface area contributed by atoms with Gasteiger partial charge in [0.05, 0.1) is 6.54 Å². The fourth-order valence-electron chi connectivity index (χ4n) is 2.66. The fraction of sp³-hybridized carbons (Fsp3) is 0.294. The molecule has 0 spiro atoms. The Morgan fingerprint density at radius 3 is 2.67 bits per heavy atom. The summed E-state index contributed by atoms with van der Waals surface area (Å²) in [4.78, 5) is 27.7. The highest BCUT2D eigenvalue weighted by Gasteiger charge is 2.32. The van der Waals surface area contributed by atoms with E-state index >= 15 is 0 Å². The number of β-amino-alcohol motifs (C(OH)–C–C–N with tert-alkyl or cyclic N) is 1. The molecule has 1 aliphatic rings. The Labute approximate surface area is 143 Å². The predicted octanol–water partition coefficient (Wildman–Crippen LogP) is 1.68. The van der Waals surface area contributed by atoms with Crippen molar-refractivity contribution in [2.45, 2.75) is 18.6 Å². The molecule has 2 aromatic rings. The fourth-order valence-corrected chi connectivity index (χ4v) is 2.79. The minimum atomic E-state index is -0.811. The molecule has 2 N–H and O–H groups in total. The summed E-state index contributed by atoms with van der Waals surface area (Å²) >= 11 is 5.83. The number of aliphatic hydroxyl groups is 1. The van der Waals surface area contributed by atoms with Crippen molar-refractivity contribution in [1.29, 1.82) is 0 Å². The highest BCUT2D eigenvalue weighted by Crippen LogP contribution is 2.22. The highest BCUT2D eigenvalue weighted by molar-refractivity contribution is 6.30. The molecule has 1 aromatic heterocycles. The van der Waals surface area contributed by atoms with Crippen LogP contribution in [0.1, 0.15) is 16.9 Å². The molecule has 24 heavy (non-hydrogen) atoms. The highest BCUT2D eigenvalue weighted by atomic mass is 35.5. The Morgan fingerprint density at radius 1 is 1.25 bits per heavy atom. The first-order chi connectivity index (χ1) is 11.5. The number of benzene rings is 1. The third kappa shape index (κ3) is 3.77. The van der Waals surface area contributed by atoms with Crippen molar-refractivity contribution in [1.82, 2.24) is 9.88 Å². The third-order valence-electron chi connectivity index (χ3n) is 3.91. The molecule has 1 aliphatic heterocycles. The summed E-state index contributed by atoms with van der Waals surface area (Å²) in [6, 6.07) is 11.3. The second kappa shape index (κ2) is 7.07. The largest absolute Gasteiger partial charge is 0.488 e. The van der Waals surface area contributed by atoms with Gasteiger partial charge >= 0.3 is 0 Å². The number of nitrogens with zero attached hydrogens (tertiary/aromatic N) is 1. The molecular formula is C17H17ClN2O4. The van der Waals surface area contributed by atoms with Gasteiger partial charge in [-0.1, -0.05) is 17.7 Å². The Morgan fingerprint density at radius 2 is 2.00 bits per heavy atom. The smallest absolute Gasteiger partial charge is 0.270 e. The maximum Gasteiger partial charge on any atom is 0.270 e. The zero-order chi connectivity index (χ0) is 17.1. The molecule has 1 aromatic carbocycles. The van der Waals surface area contributed by atoms with Gasteiger partial charge in [0.25, 0.3) is 5.91 Å². The number of rotatable bonds is 3. The van der Waals surface area contributed by atoms with Crippen LogP contribution in [0.3, 0.4) is 0 Å². The van der Waals surface area contributed by atoms with Gasteiger partial charge in [-0.25, -0.2) is 0 Å². The van der Waals surface area contributed by atoms with Crippen molar-refractivity contribution in [3.8, 4) is 5.75 Å². The van der Waals surface area contributed by atoms with Gasteiger partial charge in [-0.15, -0.1) is 0 Å². The van der Waals surface area contributed by atoms with E-state index in [0.717, 1.165) is 0 Å². The number of aromatic nitrogens is 1. The Kier molecular flexibility index (Phi) is 4.87. The molecule has 126 valence electrons. The molecular weight excluding hydrogens is 332 g/mol. The van der Waals surface area contributed by atoms with Crippen LogP contribution in [0.15, 0.2) is 47.3 Å². The second-order valence-corrected chi connectivity index (χ2v) is 6.08. The number of hydrogen-bond donors (Lipinski definition) is 2. The average molecular weight is 349 g/mol. The lowest BCUT2D eigenvalue weighted by atomic mass is 10.0. The van der Waals surface area contributed by atoms with E-state index in [9.17, 15) is 14.7 Å². The molecule has 1 fully saturated rings. The number of piperidine rings is 1. The quantitative estimate of drug-likeness (QED) is 0.884. The number of halogens is 1. The Bertz CT molecular complexity index is 775. The number of likely N-dealkylation sites (tertiary alicyclic amines) is 1.